The number of aryl methyl sites for hydroxylation is 1. The fourth-order valence-corrected chi connectivity index (χ4v) is 5.79. The van der Waals surface area contributed by atoms with E-state index >= 15 is 0 Å². The molecule has 3 heterocycles. The molecule has 2 aromatic rings. The molecule has 128 valence electrons. The van der Waals surface area contributed by atoms with E-state index in [4.69, 9.17) is 0 Å². The molecule has 1 aliphatic heterocycles. The predicted molar refractivity (Wildman–Crippen MR) is 101 cm³/mol. The summed E-state index contributed by atoms with van der Waals surface area (Å²) in [7, 11) is 0. The molecular weight excluding hydrogens is 338 g/mol. The first-order valence-electron chi connectivity index (χ1n) is 8.29. The highest BCUT2D eigenvalue weighted by Crippen LogP contribution is 2.40. The zero-order chi connectivity index (χ0) is 17.1. The first kappa shape index (κ1) is 17.4. The van der Waals surface area contributed by atoms with Gasteiger partial charge in [0.2, 0.25) is 0 Å². The van der Waals surface area contributed by atoms with Crippen LogP contribution < -0.4 is 0 Å². The molecule has 1 aliphatic rings. The number of carboxylic acid groups (broad SMARTS) is 1. The maximum Gasteiger partial charge on any atom is 0.304 e. The molecule has 0 saturated carbocycles. The highest BCUT2D eigenvalue weighted by atomic mass is 32.1. The Morgan fingerprint density at radius 3 is 2.88 bits per heavy atom. The van der Waals surface area contributed by atoms with E-state index in [2.05, 4.69) is 47.4 Å². The van der Waals surface area contributed by atoms with Crippen molar-refractivity contribution in [1.29, 1.82) is 0 Å². The van der Waals surface area contributed by atoms with Gasteiger partial charge in [0.1, 0.15) is 0 Å². The number of carbonyl (C=O) groups is 1. The number of thiophene rings is 2. The molecule has 0 aromatic carbocycles. The SMILES string of the molecule is C=CC(C(c1cccs1)c1sccc1C)N1CCC[C@H]1CC(=O)O. The number of hydrogen-bond donors (Lipinski definition) is 1. The summed E-state index contributed by atoms with van der Waals surface area (Å²) >= 11 is 3.56. The van der Waals surface area contributed by atoms with E-state index in [1.165, 1.54) is 15.3 Å². The van der Waals surface area contributed by atoms with Crippen molar-refractivity contribution < 1.29 is 9.90 Å². The largest absolute Gasteiger partial charge is 0.481 e. The molecule has 2 aromatic heterocycles. The Morgan fingerprint density at radius 1 is 1.46 bits per heavy atom. The van der Waals surface area contributed by atoms with Crippen LogP contribution in [0.5, 0.6) is 0 Å². The van der Waals surface area contributed by atoms with Gasteiger partial charge in [-0.3, -0.25) is 9.69 Å². The molecule has 0 aliphatic carbocycles. The van der Waals surface area contributed by atoms with Crippen molar-refractivity contribution in [3.8, 4) is 0 Å². The molecule has 0 amide bonds. The summed E-state index contributed by atoms with van der Waals surface area (Å²) < 4.78 is 0. The normalized spacial score (nSPS) is 20.8. The third kappa shape index (κ3) is 3.48. The van der Waals surface area contributed by atoms with Gasteiger partial charge in [-0.15, -0.1) is 29.3 Å². The molecule has 3 nitrogen and oxygen atoms in total. The molecular formula is C19H23NO2S2. The topological polar surface area (TPSA) is 40.5 Å². The Kier molecular flexibility index (Phi) is 5.54. The summed E-state index contributed by atoms with van der Waals surface area (Å²) in [6.07, 6.45) is 4.24. The van der Waals surface area contributed by atoms with Gasteiger partial charge in [0.25, 0.3) is 0 Å². The first-order valence-corrected chi connectivity index (χ1v) is 10.0. The standard InChI is InChI=1S/C19H23NO2S2/c1-3-15(20-9-4-6-14(20)12-17(21)22)18(16-7-5-10-23-16)19-13(2)8-11-24-19/h3,5,7-8,10-11,14-15,18H,1,4,6,9,12H2,2H3,(H,21,22)/t14-,15?,18?/m0/s1. The second-order valence-electron chi connectivity index (χ2n) is 6.32. The lowest BCUT2D eigenvalue weighted by molar-refractivity contribution is -0.138. The lowest BCUT2D eigenvalue weighted by atomic mass is 9.92. The van der Waals surface area contributed by atoms with Gasteiger partial charge in [-0.1, -0.05) is 12.1 Å². The quantitative estimate of drug-likeness (QED) is 0.724. The second kappa shape index (κ2) is 7.64. The molecule has 24 heavy (non-hydrogen) atoms. The van der Waals surface area contributed by atoms with E-state index in [0.717, 1.165) is 19.4 Å². The molecule has 2 unspecified atom stereocenters. The van der Waals surface area contributed by atoms with Gasteiger partial charge in [-0.25, -0.2) is 0 Å². The number of carboxylic acids is 1. The van der Waals surface area contributed by atoms with Crippen LogP contribution in [0, 0.1) is 6.92 Å². The van der Waals surface area contributed by atoms with E-state index in [-0.39, 0.29) is 24.4 Å². The number of rotatable bonds is 7. The third-order valence-corrected chi connectivity index (χ3v) is 6.89. The van der Waals surface area contributed by atoms with Gasteiger partial charge in [-0.2, -0.15) is 0 Å². The van der Waals surface area contributed by atoms with Gasteiger partial charge >= 0.3 is 5.97 Å². The van der Waals surface area contributed by atoms with Crippen LogP contribution in [0.1, 0.15) is 40.5 Å². The van der Waals surface area contributed by atoms with E-state index in [1.807, 2.05) is 6.08 Å². The molecule has 3 atom stereocenters. The van der Waals surface area contributed by atoms with Crippen molar-refractivity contribution in [3.05, 3.63) is 56.9 Å². The fraction of sp³-hybridized carbons (Fsp3) is 0.421. The van der Waals surface area contributed by atoms with Crippen LogP contribution in [-0.2, 0) is 4.79 Å². The van der Waals surface area contributed by atoms with E-state index in [9.17, 15) is 9.90 Å². The van der Waals surface area contributed by atoms with Crippen LogP contribution >= 0.6 is 22.7 Å². The minimum atomic E-state index is -0.713. The lowest BCUT2D eigenvalue weighted by Gasteiger charge is -2.35. The summed E-state index contributed by atoms with van der Waals surface area (Å²) in [5, 5.41) is 13.5. The highest BCUT2D eigenvalue weighted by Gasteiger charge is 2.37. The Labute approximate surface area is 151 Å². The highest BCUT2D eigenvalue weighted by molar-refractivity contribution is 7.11. The van der Waals surface area contributed by atoms with Crippen LogP contribution in [0.3, 0.4) is 0 Å². The maximum absolute atomic E-state index is 11.2. The van der Waals surface area contributed by atoms with E-state index in [1.54, 1.807) is 22.7 Å². The maximum atomic E-state index is 11.2. The Bertz CT molecular complexity index is 692. The van der Waals surface area contributed by atoms with Crippen molar-refractivity contribution >= 4 is 28.6 Å². The summed E-state index contributed by atoms with van der Waals surface area (Å²) in [6.45, 7) is 7.21. The minimum absolute atomic E-state index is 0.105. The summed E-state index contributed by atoms with van der Waals surface area (Å²) in [6, 6.07) is 6.68. The van der Waals surface area contributed by atoms with Crippen LogP contribution in [0.25, 0.3) is 0 Å². The zero-order valence-corrected chi connectivity index (χ0v) is 15.5. The Hall–Kier alpha value is -1.43. The molecule has 0 bridgehead atoms. The number of aliphatic carboxylic acids is 1. The van der Waals surface area contributed by atoms with E-state index in [0.29, 0.717) is 0 Å². The van der Waals surface area contributed by atoms with Crippen molar-refractivity contribution in [1.82, 2.24) is 4.90 Å². The van der Waals surface area contributed by atoms with Gasteiger partial charge in [0, 0.05) is 27.8 Å². The van der Waals surface area contributed by atoms with E-state index < -0.39 is 5.97 Å². The van der Waals surface area contributed by atoms with Gasteiger partial charge in [0.15, 0.2) is 0 Å². The van der Waals surface area contributed by atoms with Crippen molar-refractivity contribution in [3.63, 3.8) is 0 Å². The number of likely N-dealkylation sites (tertiary alicyclic amines) is 1. The number of nitrogens with zero attached hydrogens (tertiary/aromatic N) is 1. The smallest absolute Gasteiger partial charge is 0.304 e. The first-order chi connectivity index (χ1) is 11.6. The third-order valence-electron chi connectivity index (χ3n) is 4.83. The number of hydrogen-bond acceptors (Lipinski definition) is 4. The molecule has 0 radical (unpaired) electrons. The van der Waals surface area contributed by atoms with Crippen LogP contribution in [-0.4, -0.2) is 34.6 Å². The second-order valence-corrected chi connectivity index (χ2v) is 8.25. The average molecular weight is 362 g/mol. The molecule has 1 N–H and O–H groups in total. The van der Waals surface area contributed by atoms with Gasteiger partial charge in [-0.05, 0) is 54.8 Å². The Morgan fingerprint density at radius 2 is 2.29 bits per heavy atom. The van der Waals surface area contributed by atoms with Gasteiger partial charge in [0.05, 0.1) is 6.42 Å². The predicted octanol–water partition coefficient (Wildman–Crippen LogP) is 4.74. The van der Waals surface area contributed by atoms with Crippen molar-refractivity contribution in [2.24, 2.45) is 0 Å². The summed E-state index contributed by atoms with van der Waals surface area (Å²) in [5.74, 6) is -0.480. The zero-order valence-electron chi connectivity index (χ0n) is 13.9. The molecule has 3 rings (SSSR count). The lowest BCUT2D eigenvalue weighted by Crippen LogP contribution is -2.42. The van der Waals surface area contributed by atoms with Crippen molar-refractivity contribution in [2.45, 2.75) is 44.2 Å². The van der Waals surface area contributed by atoms with Crippen LogP contribution in [0.15, 0.2) is 41.6 Å². The minimum Gasteiger partial charge on any atom is -0.481 e. The van der Waals surface area contributed by atoms with Crippen LogP contribution in [0.2, 0.25) is 0 Å². The fourth-order valence-electron chi connectivity index (χ4n) is 3.76. The monoisotopic (exact) mass is 361 g/mol. The van der Waals surface area contributed by atoms with Crippen molar-refractivity contribution in [2.75, 3.05) is 6.54 Å². The van der Waals surface area contributed by atoms with Gasteiger partial charge < -0.3 is 5.11 Å². The Balaban J connectivity index is 1.97. The summed E-state index contributed by atoms with van der Waals surface area (Å²) in [4.78, 5) is 16.3. The molecule has 0 spiro atoms. The molecule has 5 heteroatoms. The average Bonchev–Trinajstić information content (AvgIpc) is 3.27. The van der Waals surface area contributed by atoms with Crippen LogP contribution in [0.4, 0.5) is 0 Å². The summed E-state index contributed by atoms with van der Waals surface area (Å²) in [5.41, 5.74) is 1.30. The molecule has 1 fully saturated rings. The molecule has 1 saturated heterocycles.